The first-order valence-electron chi connectivity index (χ1n) is 9.83. The number of anilines is 1. The monoisotopic (exact) mass is 464 g/mol. The summed E-state index contributed by atoms with van der Waals surface area (Å²) in [6.45, 7) is 3.32. The summed E-state index contributed by atoms with van der Waals surface area (Å²) in [5.41, 5.74) is 2.94. The largest absolute Gasteiger partial charge is 0.493 e. The third kappa shape index (κ3) is 5.33. The van der Waals surface area contributed by atoms with Crippen LogP contribution in [0.5, 0.6) is 11.5 Å². The quantitative estimate of drug-likeness (QED) is 0.340. The van der Waals surface area contributed by atoms with Gasteiger partial charge in [0.25, 0.3) is 5.69 Å². The van der Waals surface area contributed by atoms with Gasteiger partial charge in [-0.25, -0.2) is 8.42 Å². The number of hydrazone groups is 1. The fourth-order valence-corrected chi connectivity index (χ4v) is 4.50. The highest BCUT2D eigenvalue weighted by Gasteiger charge is 2.28. The summed E-state index contributed by atoms with van der Waals surface area (Å²) in [4.78, 5) is 10.7. The number of rotatable bonds is 9. The van der Waals surface area contributed by atoms with Crippen molar-refractivity contribution in [1.82, 2.24) is 4.31 Å². The first kappa shape index (κ1) is 23.4. The first-order chi connectivity index (χ1) is 15.4. The van der Waals surface area contributed by atoms with E-state index in [0.29, 0.717) is 23.7 Å². The summed E-state index contributed by atoms with van der Waals surface area (Å²) in [5.74, 6) is 1.12. The van der Waals surface area contributed by atoms with Crippen LogP contribution in [0.2, 0.25) is 0 Å². The molecule has 0 amide bonds. The minimum absolute atomic E-state index is 0.0603. The molecule has 1 fully saturated rings. The summed E-state index contributed by atoms with van der Waals surface area (Å²) >= 11 is 0. The molecule has 0 spiro atoms. The molecule has 0 aromatic heterocycles. The van der Waals surface area contributed by atoms with Crippen molar-refractivity contribution in [3.63, 3.8) is 0 Å². The number of nitrogens with one attached hydrogen (secondary N) is 1. The van der Waals surface area contributed by atoms with Gasteiger partial charge in [-0.2, -0.15) is 9.41 Å². The highest BCUT2D eigenvalue weighted by Crippen LogP contribution is 2.30. The van der Waals surface area contributed by atoms with E-state index in [4.69, 9.17) is 14.2 Å². The maximum Gasteiger partial charge on any atom is 0.295 e. The van der Waals surface area contributed by atoms with Crippen molar-refractivity contribution in [1.29, 1.82) is 0 Å². The Hall–Kier alpha value is -3.22. The molecule has 12 heteroatoms. The third-order valence-corrected chi connectivity index (χ3v) is 6.55. The maximum absolute atomic E-state index is 12.8. The maximum atomic E-state index is 12.8. The molecule has 1 N–H and O–H groups in total. The van der Waals surface area contributed by atoms with Gasteiger partial charge in [-0.3, -0.25) is 15.5 Å². The zero-order valence-electron chi connectivity index (χ0n) is 17.7. The molecule has 1 heterocycles. The molecule has 0 bridgehead atoms. The number of hydrogen-bond acceptors (Lipinski definition) is 9. The van der Waals surface area contributed by atoms with Gasteiger partial charge >= 0.3 is 0 Å². The van der Waals surface area contributed by atoms with Gasteiger partial charge in [-0.05, 0) is 42.8 Å². The van der Waals surface area contributed by atoms with Crippen molar-refractivity contribution >= 4 is 27.6 Å². The van der Waals surface area contributed by atoms with Crippen molar-refractivity contribution < 1.29 is 27.6 Å². The lowest BCUT2D eigenvalue weighted by Crippen LogP contribution is -2.40. The van der Waals surface area contributed by atoms with E-state index in [9.17, 15) is 18.5 Å². The number of nitrogens with zero attached hydrogens (tertiary/aromatic N) is 3. The Labute approximate surface area is 185 Å². The van der Waals surface area contributed by atoms with Crippen LogP contribution < -0.4 is 14.9 Å². The van der Waals surface area contributed by atoms with E-state index < -0.39 is 20.6 Å². The number of morpholine rings is 1. The fourth-order valence-electron chi connectivity index (χ4n) is 3.07. The van der Waals surface area contributed by atoms with Gasteiger partial charge in [0.1, 0.15) is 5.69 Å². The molecule has 3 rings (SSSR count). The minimum Gasteiger partial charge on any atom is -0.493 e. The Morgan fingerprint density at radius 3 is 2.62 bits per heavy atom. The van der Waals surface area contributed by atoms with Gasteiger partial charge in [0.05, 0.1) is 43.0 Å². The Kier molecular flexibility index (Phi) is 7.62. The van der Waals surface area contributed by atoms with Gasteiger partial charge in [0.15, 0.2) is 11.5 Å². The summed E-state index contributed by atoms with van der Waals surface area (Å²) in [7, 11) is -2.34. The van der Waals surface area contributed by atoms with Crippen LogP contribution >= 0.6 is 0 Å². The normalized spacial score (nSPS) is 14.9. The molecule has 0 radical (unpaired) electrons. The lowest BCUT2D eigenvalue weighted by atomic mass is 10.2. The molecule has 0 saturated carbocycles. The van der Waals surface area contributed by atoms with Crippen molar-refractivity contribution in [2.75, 3.05) is 45.4 Å². The summed E-state index contributed by atoms with van der Waals surface area (Å²) in [6.07, 6.45) is 1.46. The van der Waals surface area contributed by atoms with Crippen molar-refractivity contribution in [2.24, 2.45) is 5.10 Å². The molecule has 2 aromatic rings. The molecule has 0 aliphatic carbocycles. The van der Waals surface area contributed by atoms with Crippen molar-refractivity contribution in [3.8, 4) is 11.5 Å². The number of ether oxygens (including phenoxy) is 3. The van der Waals surface area contributed by atoms with E-state index in [0.717, 1.165) is 6.07 Å². The highest BCUT2D eigenvalue weighted by molar-refractivity contribution is 7.89. The predicted molar refractivity (Wildman–Crippen MR) is 118 cm³/mol. The van der Waals surface area contributed by atoms with Crippen LogP contribution in [-0.4, -0.2) is 63.9 Å². The van der Waals surface area contributed by atoms with Crippen molar-refractivity contribution in [2.45, 2.75) is 11.8 Å². The van der Waals surface area contributed by atoms with E-state index in [1.807, 2.05) is 6.92 Å². The summed E-state index contributed by atoms with van der Waals surface area (Å²) < 4.78 is 42.7. The second kappa shape index (κ2) is 10.4. The second-order valence-corrected chi connectivity index (χ2v) is 8.60. The predicted octanol–water partition coefficient (Wildman–Crippen LogP) is 2.47. The van der Waals surface area contributed by atoms with E-state index in [-0.39, 0.29) is 36.9 Å². The molecule has 0 unspecified atom stereocenters. The molecule has 1 aliphatic heterocycles. The lowest BCUT2D eigenvalue weighted by molar-refractivity contribution is -0.384. The van der Waals surface area contributed by atoms with E-state index in [1.54, 1.807) is 18.2 Å². The average Bonchev–Trinajstić information content (AvgIpc) is 2.80. The topological polar surface area (TPSA) is 133 Å². The van der Waals surface area contributed by atoms with Crippen LogP contribution in [0.25, 0.3) is 0 Å². The van der Waals surface area contributed by atoms with Crippen LogP contribution in [0.4, 0.5) is 11.4 Å². The zero-order valence-corrected chi connectivity index (χ0v) is 18.5. The first-order valence-corrected chi connectivity index (χ1v) is 11.3. The second-order valence-electron chi connectivity index (χ2n) is 6.67. The van der Waals surface area contributed by atoms with Gasteiger partial charge in [-0.1, -0.05) is 0 Å². The van der Waals surface area contributed by atoms with Gasteiger partial charge in [0, 0.05) is 19.2 Å². The number of benzene rings is 2. The Morgan fingerprint density at radius 2 is 1.97 bits per heavy atom. The highest BCUT2D eigenvalue weighted by atomic mass is 32.2. The lowest BCUT2D eigenvalue weighted by Gasteiger charge is -2.26. The Balaban J connectivity index is 1.80. The summed E-state index contributed by atoms with van der Waals surface area (Å²) in [6, 6.07) is 8.87. The van der Waals surface area contributed by atoms with Crippen LogP contribution in [-0.2, 0) is 14.8 Å². The number of hydrogen-bond donors (Lipinski definition) is 1. The number of nitro groups is 1. The molecule has 0 atom stereocenters. The van der Waals surface area contributed by atoms with Gasteiger partial charge in [-0.15, -0.1) is 0 Å². The average molecular weight is 465 g/mol. The zero-order chi connectivity index (χ0) is 23.1. The molecule has 172 valence electrons. The summed E-state index contributed by atoms with van der Waals surface area (Å²) in [5, 5.41) is 15.6. The standard InChI is InChI=1S/C20H24N4O7S/c1-3-31-19-7-4-15(12-20(19)29-2)14-21-22-17-6-5-16(13-18(17)24(25)26)32(27,28)23-8-10-30-11-9-23/h4-7,12-14,22H,3,8-11H2,1-2H3. The third-order valence-electron chi connectivity index (χ3n) is 4.66. The van der Waals surface area contributed by atoms with Gasteiger partial charge in [0.2, 0.25) is 10.0 Å². The molecular weight excluding hydrogens is 440 g/mol. The molecule has 2 aromatic carbocycles. The minimum atomic E-state index is -3.86. The van der Waals surface area contributed by atoms with Crippen LogP contribution in [0.1, 0.15) is 12.5 Å². The fraction of sp³-hybridized carbons (Fsp3) is 0.350. The van der Waals surface area contributed by atoms with Crippen LogP contribution in [0.15, 0.2) is 46.4 Å². The molecule has 32 heavy (non-hydrogen) atoms. The number of nitro benzene ring substituents is 1. The van der Waals surface area contributed by atoms with E-state index in [1.165, 1.54) is 29.8 Å². The van der Waals surface area contributed by atoms with Crippen molar-refractivity contribution in [3.05, 3.63) is 52.1 Å². The molecule has 1 saturated heterocycles. The molecule has 11 nitrogen and oxygen atoms in total. The van der Waals surface area contributed by atoms with E-state index >= 15 is 0 Å². The molecular formula is C20H24N4O7S. The van der Waals surface area contributed by atoms with Crippen LogP contribution in [0, 0.1) is 10.1 Å². The number of sulfonamides is 1. The van der Waals surface area contributed by atoms with Gasteiger partial charge < -0.3 is 14.2 Å². The van der Waals surface area contributed by atoms with E-state index in [2.05, 4.69) is 10.5 Å². The Bertz CT molecular complexity index is 1100. The Morgan fingerprint density at radius 1 is 1.22 bits per heavy atom. The molecule has 1 aliphatic rings. The smallest absolute Gasteiger partial charge is 0.295 e. The SMILES string of the molecule is CCOc1ccc(C=NNc2ccc(S(=O)(=O)N3CCOCC3)cc2[N+](=O)[O-])cc1OC. The number of methoxy groups -OCH3 is 1. The van der Waals surface area contributed by atoms with Crippen LogP contribution in [0.3, 0.4) is 0 Å².